The third-order valence-electron chi connectivity index (χ3n) is 2.22. The molecule has 1 aromatic heterocycles. The molecule has 0 aliphatic heterocycles. The quantitative estimate of drug-likeness (QED) is 0.593. The van der Waals surface area contributed by atoms with Crippen molar-refractivity contribution >= 4 is 5.97 Å². The molecule has 1 rings (SSSR count). The average Bonchev–Trinajstić information content (AvgIpc) is 2.30. The zero-order chi connectivity index (χ0) is 12.7. The smallest absolute Gasteiger partial charge is 0.319 e. The van der Waals surface area contributed by atoms with Gasteiger partial charge in [-0.05, 0) is 19.9 Å². The molecule has 3 nitrogen and oxygen atoms in total. The van der Waals surface area contributed by atoms with E-state index in [2.05, 4.69) is 16.8 Å². The maximum atomic E-state index is 11.9. The summed E-state index contributed by atoms with van der Waals surface area (Å²) in [4.78, 5) is 15.8. The Morgan fingerprint density at radius 3 is 2.76 bits per heavy atom. The Hall–Kier alpha value is -1.82. The van der Waals surface area contributed by atoms with E-state index in [1.54, 1.807) is 24.4 Å². The van der Waals surface area contributed by atoms with E-state index in [0.717, 1.165) is 6.42 Å². The minimum Gasteiger partial charge on any atom is -0.407 e. The molecule has 1 aromatic rings. The Bertz CT molecular complexity index is 427. The molecule has 0 aromatic carbocycles. The predicted octanol–water partition coefficient (Wildman–Crippen LogP) is 2.82. The van der Waals surface area contributed by atoms with Crippen LogP contribution in [0.15, 0.2) is 24.4 Å². The largest absolute Gasteiger partial charge is 0.407 e. The van der Waals surface area contributed by atoms with E-state index in [-0.39, 0.29) is 5.97 Å². The molecular weight excluding hydrogens is 214 g/mol. The van der Waals surface area contributed by atoms with Crippen molar-refractivity contribution in [2.24, 2.45) is 5.41 Å². The molecule has 0 radical (unpaired) electrons. The van der Waals surface area contributed by atoms with Crippen LogP contribution in [0.2, 0.25) is 0 Å². The highest BCUT2D eigenvalue weighted by Crippen LogP contribution is 2.22. The first-order valence-electron chi connectivity index (χ1n) is 5.65. The summed E-state index contributed by atoms with van der Waals surface area (Å²) >= 11 is 0. The SMILES string of the molecule is CCC#CCC(C)(C)C(=O)Oc1ccccn1. The van der Waals surface area contributed by atoms with Gasteiger partial charge in [0.1, 0.15) is 0 Å². The number of hydrogen-bond acceptors (Lipinski definition) is 3. The lowest BCUT2D eigenvalue weighted by molar-refractivity contribution is -0.143. The van der Waals surface area contributed by atoms with Crippen LogP contribution < -0.4 is 4.74 Å². The fraction of sp³-hybridized carbons (Fsp3) is 0.429. The van der Waals surface area contributed by atoms with Crippen molar-refractivity contribution < 1.29 is 9.53 Å². The van der Waals surface area contributed by atoms with Crippen LogP contribution in [0.5, 0.6) is 5.88 Å². The summed E-state index contributed by atoms with van der Waals surface area (Å²) in [5.74, 6) is 5.94. The monoisotopic (exact) mass is 231 g/mol. The molecule has 3 heteroatoms. The summed E-state index contributed by atoms with van der Waals surface area (Å²) in [7, 11) is 0. The van der Waals surface area contributed by atoms with Gasteiger partial charge in [-0.2, -0.15) is 0 Å². The highest BCUT2D eigenvalue weighted by molar-refractivity contribution is 5.78. The van der Waals surface area contributed by atoms with E-state index in [1.165, 1.54) is 0 Å². The van der Waals surface area contributed by atoms with Gasteiger partial charge in [-0.3, -0.25) is 4.79 Å². The molecule has 0 unspecified atom stereocenters. The molecule has 0 atom stereocenters. The van der Waals surface area contributed by atoms with Gasteiger partial charge in [-0.1, -0.05) is 13.0 Å². The molecule has 90 valence electrons. The van der Waals surface area contributed by atoms with Crippen LogP contribution in [-0.2, 0) is 4.79 Å². The molecule has 1 heterocycles. The lowest BCUT2D eigenvalue weighted by Crippen LogP contribution is -2.28. The second-order valence-corrected chi connectivity index (χ2v) is 4.33. The van der Waals surface area contributed by atoms with E-state index in [1.807, 2.05) is 20.8 Å². The Kier molecular flexibility index (Phi) is 4.71. The molecule has 0 spiro atoms. The number of nitrogens with zero attached hydrogens (tertiary/aromatic N) is 1. The second kappa shape index (κ2) is 6.05. The number of aromatic nitrogens is 1. The second-order valence-electron chi connectivity index (χ2n) is 4.33. The molecule has 0 N–H and O–H groups in total. The summed E-state index contributed by atoms with van der Waals surface area (Å²) in [6.07, 6.45) is 2.88. The van der Waals surface area contributed by atoms with Crippen molar-refractivity contribution in [1.29, 1.82) is 0 Å². The number of carbonyl (C=O) groups excluding carboxylic acids is 1. The summed E-state index contributed by atoms with van der Waals surface area (Å²) in [5, 5.41) is 0. The fourth-order valence-corrected chi connectivity index (χ4v) is 1.12. The lowest BCUT2D eigenvalue weighted by Gasteiger charge is -2.18. The highest BCUT2D eigenvalue weighted by Gasteiger charge is 2.29. The molecule has 0 saturated heterocycles. The molecular formula is C14H17NO2. The Balaban J connectivity index is 2.63. The molecule has 0 saturated carbocycles. The number of rotatable bonds is 3. The Morgan fingerprint density at radius 2 is 2.18 bits per heavy atom. The molecule has 0 fully saturated rings. The lowest BCUT2D eigenvalue weighted by atomic mass is 9.90. The minimum absolute atomic E-state index is 0.304. The Labute approximate surface area is 102 Å². The van der Waals surface area contributed by atoms with Gasteiger partial charge in [0.25, 0.3) is 0 Å². The summed E-state index contributed by atoms with van der Waals surface area (Å²) in [5.41, 5.74) is -0.611. The van der Waals surface area contributed by atoms with Gasteiger partial charge in [-0.25, -0.2) is 4.98 Å². The third-order valence-corrected chi connectivity index (χ3v) is 2.22. The topological polar surface area (TPSA) is 39.2 Å². The van der Waals surface area contributed by atoms with E-state index in [9.17, 15) is 4.79 Å². The molecule has 0 aliphatic rings. The van der Waals surface area contributed by atoms with Gasteiger partial charge in [0, 0.05) is 25.1 Å². The van der Waals surface area contributed by atoms with E-state index in [0.29, 0.717) is 12.3 Å². The van der Waals surface area contributed by atoms with Crippen LogP contribution in [0.25, 0.3) is 0 Å². The molecule has 17 heavy (non-hydrogen) atoms. The summed E-state index contributed by atoms with van der Waals surface area (Å²) in [6.45, 7) is 5.62. The first-order valence-corrected chi connectivity index (χ1v) is 5.65. The van der Waals surface area contributed by atoms with E-state index >= 15 is 0 Å². The van der Waals surface area contributed by atoms with Gasteiger partial charge in [0.15, 0.2) is 0 Å². The van der Waals surface area contributed by atoms with Crippen molar-refractivity contribution in [2.45, 2.75) is 33.6 Å². The zero-order valence-corrected chi connectivity index (χ0v) is 10.5. The van der Waals surface area contributed by atoms with Crippen molar-refractivity contribution in [3.63, 3.8) is 0 Å². The van der Waals surface area contributed by atoms with Crippen molar-refractivity contribution in [2.75, 3.05) is 0 Å². The van der Waals surface area contributed by atoms with Crippen LogP contribution in [-0.4, -0.2) is 11.0 Å². The van der Waals surface area contributed by atoms with Crippen LogP contribution in [0.1, 0.15) is 33.6 Å². The maximum absolute atomic E-state index is 11.9. The van der Waals surface area contributed by atoms with Gasteiger partial charge >= 0.3 is 5.97 Å². The van der Waals surface area contributed by atoms with E-state index < -0.39 is 5.41 Å². The van der Waals surface area contributed by atoms with Gasteiger partial charge in [0.05, 0.1) is 5.41 Å². The van der Waals surface area contributed by atoms with E-state index in [4.69, 9.17) is 4.74 Å². The number of esters is 1. The number of ether oxygens (including phenoxy) is 1. The summed E-state index contributed by atoms with van der Waals surface area (Å²) < 4.78 is 5.19. The first-order chi connectivity index (χ1) is 8.06. The highest BCUT2D eigenvalue weighted by atomic mass is 16.5. The standard InChI is InChI=1S/C14H17NO2/c1-4-5-7-10-14(2,3)13(16)17-12-9-6-8-11-15-12/h6,8-9,11H,4,10H2,1-3H3. The normalized spacial score (nSPS) is 10.3. The van der Waals surface area contributed by atoms with Crippen LogP contribution in [0, 0.1) is 17.3 Å². The van der Waals surface area contributed by atoms with Gasteiger partial charge < -0.3 is 4.74 Å². The minimum atomic E-state index is -0.611. The molecule has 0 aliphatic carbocycles. The van der Waals surface area contributed by atoms with Crippen molar-refractivity contribution in [3.8, 4) is 17.7 Å². The molecule has 0 amide bonds. The first kappa shape index (κ1) is 13.2. The fourth-order valence-electron chi connectivity index (χ4n) is 1.12. The average molecular weight is 231 g/mol. The number of carbonyl (C=O) groups is 1. The number of pyridine rings is 1. The van der Waals surface area contributed by atoms with Crippen molar-refractivity contribution in [1.82, 2.24) is 4.98 Å². The number of hydrogen-bond donors (Lipinski definition) is 0. The van der Waals surface area contributed by atoms with Crippen LogP contribution in [0.4, 0.5) is 0 Å². The van der Waals surface area contributed by atoms with Gasteiger partial charge in [0.2, 0.25) is 5.88 Å². The van der Waals surface area contributed by atoms with Gasteiger partial charge in [-0.15, -0.1) is 11.8 Å². The zero-order valence-electron chi connectivity index (χ0n) is 10.5. The maximum Gasteiger partial charge on any atom is 0.319 e. The van der Waals surface area contributed by atoms with Crippen LogP contribution in [0.3, 0.4) is 0 Å². The Morgan fingerprint density at radius 1 is 1.41 bits per heavy atom. The summed E-state index contributed by atoms with van der Waals surface area (Å²) in [6, 6.07) is 5.21. The van der Waals surface area contributed by atoms with Crippen molar-refractivity contribution in [3.05, 3.63) is 24.4 Å². The predicted molar refractivity (Wildman–Crippen MR) is 66.3 cm³/mol. The molecule has 0 bridgehead atoms. The van der Waals surface area contributed by atoms with Crippen LogP contribution >= 0.6 is 0 Å². The third kappa shape index (κ3) is 4.28.